The lowest BCUT2D eigenvalue weighted by Gasteiger charge is -2.16. The fourth-order valence-corrected chi connectivity index (χ4v) is 4.05. The third-order valence-electron chi connectivity index (χ3n) is 6.20. The number of nitrogens with one attached hydrogen (secondary N) is 1. The number of imidazole rings is 1. The van der Waals surface area contributed by atoms with Crippen LogP contribution in [0.15, 0.2) is 73.1 Å². The number of nitrogens with zero attached hydrogens (tertiary/aromatic N) is 3. The third kappa shape index (κ3) is 6.31. The molecule has 0 aliphatic carbocycles. The highest BCUT2D eigenvalue weighted by molar-refractivity contribution is 5.95. The molecule has 15 heteroatoms. The Kier molecular flexibility index (Phi) is 7.99. The molecule has 45 heavy (non-hydrogen) atoms. The molecule has 3 aromatic carbocycles. The van der Waals surface area contributed by atoms with E-state index in [1.165, 1.54) is 18.2 Å². The molecule has 0 fully saturated rings. The Morgan fingerprint density at radius 3 is 2.13 bits per heavy atom. The number of carboxylic acids is 2. The number of phenols is 1. The van der Waals surface area contributed by atoms with Gasteiger partial charge in [0.1, 0.15) is 23.2 Å². The maximum atomic E-state index is 15.9. The average Bonchev–Trinajstić information content (AvgIpc) is 3.44. The molecule has 5 rings (SSSR count). The summed E-state index contributed by atoms with van der Waals surface area (Å²) in [6.45, 7) is 0. The molecular formula is C30H21F2N5O8. The van der Waals surface area contributed by atoms with Gasteiger partial charge in [-0.3, -0.25) is 5.41 Å². The largest absolute Gasteiger partial charge is 0.504 e. The summed E-state index contributed by atoms with van der Waals surface area (Å²) >= 11 is 0. The Morgan fingerprint density at radius 1 is 0.867 bits per heavy atom. The number of halogens is 2. The molecule has 0 atom stereocenters. The van der Waals surface area contributed by atoms with Crippen LogP contribution in [0.1, 0.15) is 26.3 Å². The van der Waals surface area contributed by atoms with Crippen molar-refractivity contribution < 1.29 is 47.9 Å². The molecule has 5 aromatic rings. The summed E-state index contributed by atoms with van der Waals surface area (Å²) < 4.78 is 49.9. The number of aryl methyl sites for hydroxylation is 1. The van der Waals surface area contributed by atoms with Crippen LogP contribution in [0.25, 0.3) is 11.4 Å². The molecule has 0 saturated heterocycles. The number of phenolic OH excluding ortho intramolecular Hbond substituents is 1. The highest BCUT2D eigenvalue weighted by atomic mass is 19.1. The molecule has 0 aliphatic heterocycles. The normalized spacial score (nSPS) is 10.7. The lowest BCUT2D eigenvalue weighted by molar-refractivity contribution is 0.0696. The second kappa shape index (κ2) is 12.0. The summed E-state index contributed by atoms with van der Waals surface area (Å²) in [5.41, 5.74) is 5.09. The van der Waals surface area contributed by atoms with Gasteiger partial charge in [-0.1, -0.05) is 12.1 Å². The Balaban J connectivity index is 1.63. The van der Waals surface area contributed by atoms with Gasteiger partial charge >= 0.3 is 11.9 Å². The third-order valence-corrected chi connectivity index (χ3v) is 6.20. The van der Waals surface area contributed by atoms with Crippen LogP contribution in [0.4, 0.5) is 8.78 Å². The van der Waals surface area contributed by atoms with Crippen molar-refractivity contribution in [3.8, 4) is 51.9 Å². The van der Waals surface area contributed by atoms with E-state index in [1.807, 2.05) is 0 Å². The van der Waals surface area contributed by atoms with Gasteiger partial charge in [-0.25, -0.2) is 14.6 Å². The molecule has 228 valence electrons. The number of nitrogens with two attached hydrogens (primary N) is 1. The van der Waals surface area contributed by atoms with Gasteiger partial charge in [-0.2, -0.15) is 13.8 Å². The van der Waals surface area contributed by atoms with Crippen LogP contribution in [-0.4, -0.2) is 47.6 Å². The van der Waals surface area contributed by atoms with Crippen LogP contribution in [0.5, 0.6) is 40.5 Å². The molecule has 2 aromatic heterocycles. The van der Waals surface area contributed by atoms with E-state index in [-0.39, 0.29) is 11.3 Å². The van der Waals surface area contributed by atoms with Crippen LogP contribution in [0, 0.1) is 17.0 Å². The first-order chi connectivity index (χ1) is 21.4. The number of nitrogen functional groups attached to an aromatic ring is 1. The van der Waals surface area contributed by atoms with Crippen molar-refractivity contribution in [3.05, 3.63) is 101 Å². The molecule has 0 radical (unpaired) electrons. The first kappa shape index (κ1) is 30.0. The topological polar surface area (TPSA) is 203 Å². The summed E-state index contributed by atoms with van der Waals surface area (Å²) in [5.74, 6) is -10.5. The van der Waals surface area contributed by atoms with Crippen molar-refractivity contribution in [2.45, 2.75) is 0 Å². The fraction of sp³-hybridized carbons (Fsp3) is 0.0333. The lowest BCUT2D eigenvalue weighted by Crippen LogP contribution is -2.11. The Hall–Kier alpha value is -6.51. The molecule has 0 saturated carbocycles. The number of amidine groups is 1. The van der Waals surface area contributed by atoms with Gasteiger partial charge in [0.15, 0.2) is 11.5 Å². The Bertz CT molecular complexity index is 1960. The molecule has 0 bridgehead atoms. The van der Waals surface area contributed by atoms with E-state index in [0.29, 0.717) is 11.4 Å². The van der Waals surface area contributed by atoms with Crippen LogP contribution in [0.2, 0.25) is 0 Å². The van der Waals surface area contributed by atoms with E-state index in [4.69, 9.17) is 25.4 Å². The minimum Gasteiger partial charge on any atom is -0.504 e. The number of benzene rings is 3. The number of aromatic carboxylic acids is 2. The van der Waals surface area contributed by atoms with Crippen molar-refractivity contribution in [3.63, 3.8) is 0 Å². The van der Waals surface area contributed by atoms with E-state index in [0.717, 1.165) is 30.3 Å². The first-order valence-electron chi connectivity index (χ1n) is 12.7. The van der Waals surface area contributed by atoms with Gasteiger partial charge in [0, 0.05) is 30.6 Å². The van der Waals surface area contributed by atoms with Crippen LogP contribution >= 0.6 is 0 Å². The predicted octanol–water partition coefficient (Wildman–Crippen LogP) is 5.52. The second-order valence-corrected chi connectivity index (χ2v) is 9.33. The molecule has 0 amide bonds. The number of ether oxygens (including phenoxy) is 3. The van der Waals surface area contributed by atoms with E-state index in [2.05, 4.69) is 9.97 Å². The van der Waals surface area contributed by atoms with E-state index >= 15 is 8.78 Å². The van der Waals surface area contributed by atoms with E-state index in [9.17, 15) is 24.9 Å². The zero-order valence-corrected chi connectivity index (χ0v) is 23.0. The highest BCUT2D eigenvalue weighted by Gasteiger charge is 2.27. The Labute approximate surface area is 251 Å². The number of aromatic hydroxyl groups is 1. The van der Waals surface area contributed by atoms with E-state index < -0.39 is 75.3 Å². The lowest BCUT2D eigenvalue weighted by atomic mass is 10.1. The van der Waals surface area contributed by atoms with Crippen molar-refractivity contribution >= 4 is 17.8 Å². The highest BCUT2D eigenvalue weighted by Crippen LogP contribution is 2.41. The van der Waals surface area contributed by atoms with Crippen molar-refractivity contribution in [1.29, 1.82) is 5.41 Å². The molecular weight excluding hydrogens is 596 g/mol. The van der Waals surface area contributed by atoms with Gasteiger partial charge in [0.05, 0.1) is 11.1 Å². The van der Waals surface area contributed by atoms with Gasteiger partial charge in [-0.15, -0.1) is 0 Å². The minimum atomic E-state index is -1.56. The SMILES string of the molecule is Cn1ccnc1-c1cccc(Oc2nc(Oc3cc(C(=N)N)ccc3O)c(F)c(Oc3cc(C(=O)O)cc(C(=O)O)c3)c2F)c1. The van der Waals surface area contributed by atoms with Crippen molar-refractivity contribution in [2.75, 3.05) is 0 Å². The van der Waals surface area contributed by atoms with Gasteiger partial charge in [-0.05, 0) is 48.5 Å². The smallest absolute Gasteiger partial charge is 0.335 e. The molecule has 6 N–H and O–H groups in total. The van der Waals surface area contributed by atoms with Gasteiger partial charge < -0.3 is 39.8 Å². The number of carbonyl (C=O) groups is 2. The number of carboxylic acid groups (broad SMARTS) is 2. The average molecular weight is 618 g/mol. The zero-order valence-electron chi connectivity index (χ0n) is 23.0. The van der Waals surface area contributed by atoms with Crippen molar-refractivity contribution in [2.24, 2.45) is 12.8 Å². The van der Waals surface area contributed by atoms with Crippen molar-refractivity contribution in [1.82, 2.24) is 14.5 Å². The minimum absolute atomic E-state index is 0.0351. The fourth-order valence-electron chi connectivity index (χ4n) is 4.05. The van der Waals surface area contributed by atoms with Crippen LogP contribution in [0.3, 0.4) is 0 Å². The summed E-state index contributed by atoms with van der Waals surface area (Å²) in [5, 5.41) is 36.7. The molecule has 0 aliphatic rings. The maximum absolute atomic E-state index is 15.9. The quantitative estimate of drug-likeness (QED) is 0.0974. The Morgan fingerprint density at radius 2 is 1.53 bits per heavy atom. The molecule has 13 nitrogen and oxygen atoms in total. The maximum Gasteiger partial charge on any atom is 0.335 e. The molecule has 0 unspecified atom stereocenters. The number of aromatic nitrogens is 3. The number of hydrogen-bond acceptors (Lipinski definition) is 9. The number of pyridine rings is 1. The zero-order chi connectivity index (χ0) is 32.4. The number of hydrogen-bond donors (Lipinski definition) is 5. The first-order valence-corrected chi connectivity index (χ1v) is 12.7. The predicted molar refractivity (Wildman–Crippen MR) is 153 cm³/mol. The monoisotopic (exact) mass is 617 g/mol. The van der Waals surface area contributed by atoms with Gasteiger partial charge in [0.25, 0.3) is 11.8 Å². The van der Waals surface area contributed by atoms with Gasteiger partial charge in [0.2, 0.25) is 17.4 Å². The summed E-state index contributed by atoms with van der Waals surface area (Å²) in [6, 6.07) is 12.3. The number of rotatable bonds is 10. The molecule has 0 spiro atoms. The summed E-state index contributed by atoms with van der Waals surface area (Å²) in [7, 11) is 1.76. The van der Waals surface area contributed by atoms with E-state index in [1.54, 1.807) is 36.1 Å². The molecule has 2 heterocycles. The van der Waals surface area contributed by atoms with Crippen LogP contribution in [-0.2, 0) is 7.05 Å². The summed E-state index contributed by atoms with van der Waals surface area (Å²) in [4.78, 5) is 31.2. The second-order valence-electron chi connectivity index (χ2n) is 9.33. The summed E-state index contributed by atoms with van der Waals surface area (Å²) in [6.07, 6.45) is 3.28. The van der Waals surface area contributed by atoms with Crippen LogP contribution < -0.4 is 19.9 Å². The standard InChI is InChI=1S/C30H21F2N5O8/c1-37-8-7-35-26(37)15-3-2-4-18(10-15)44-27-22(31)24(43-19-11-16(29(39)40)9-17(12-19)30(41)42)23(32)28(36-27)45-21-13-14(25(33)34)5-6-20(21)38/h2-13,38H,1H3,(H3,33,34)(H,39,40)(H,41,42).